The molecule has 1 fully saturated rings. The molecule has 3 N–H and O–H groups in total. The molecular weight excluding hydrogens is 216 g/mol. The summed E-state index contributed by atoms with van der Waals surface area (Å²) in [5, 5.41) is 3.06. The normalized spacial score (nSPS) is 19.8. The molecule has 1 aliphatic rings. The van der Waals surface area contributed by atoms with Crippen LogP contribution in [0.5, 0.6) is 0 Å². The van der Waals surface area contributed by atoms with Crippen LogP contribution in [0.15, 0.2) is 0 Å². The number of nitrogens with one attached hydrogen (secondary N) is 1. The largest absolute Gasteiger partial charge is 0.383 e. The average Bonchev–Trinajstić information content (AvgIpc) is 2.22. The topological polar surface area (TPSA) is 64.3 Å². The molecule has 1 amide bonds. The first-order valence-electron chi connectivity index (χ1n) is 6.51. The molecule has 0 aromatic carbocycles. The van der Waals surface area contributed by atoms with Gasteiger partial charge in [-0.05, 0) is 30.7 Å². The van der Waals surface area contributed by atoms with Crippen molar-refractivity contribution in [2.24, 2.45) is 17.1 Å². The molecule has 1 aliphatic carbocycles. The van der Waals surface area contributed by atoms with E-state index < -0.39 is 0 Å². The van der Waals surface area contributed by atoms with E-state index >= 15 is 0 Å². The van der Waals surface area contributed by atoms with Gasteiger partial charge in [0.2, 0.25) is 5.91 Å². The van der Waals surface area contributed by atoms with Crippen LogP contribution in [0.3, 0.4) is 0 Å². The van der Waals surface area contributed by atoms with Gasteiger partial charge in [0.05, 0.1) is 12.6 Å². The molecule has 17 heavy (non-hydrogen) atoms. The molecule has 0 aromatic rings. The molecule has 0 bridgehead atoms. The molecule has 1 rings (SSSR count). The van der Waals surface area contributed by atoms with Crippen LogP contribution >= 0.6 is 0 Å². The maximum absolute atomic E-state index is 12.0. The zero-order valence-electron chi connectivity index (χ0n) is 11.3. The van der Waals surface area contributed by atoms with Crippen LogP contribution in [0, 0.1) is 11.3 Å². The van der Waals surface area contributed by atoms with Gasteiger partial charge in [0, 0.05) is 13.5 Å². The zero-order valence-corrected chi connectivity index (χ0v) is 11.3. The van der Waals surface area contributed by atoms with Gasteiger partial charge in [-0.15, -0.1) is 0 Å². The van der Waals surface area contributed by atoms with Gasteiger partial charge in [-0.25, -0.2) is 0 Å². The quantitative estimate of drug-likeness (QED) is 0.707. The molecule has 0 saturated heterocycles. The van der Waals surface area contributed by atoms with Crippen molar-refractivity contribution in [2.75, 3.05) is 20.3 Å². The lowest BCUT2D eigenvalue weighted by Crippen LogP contribution is -2.46. The summed E-state index contributed by atoms with van der Waals surface area (Å²) in [7, 11) is 1.66. The molecule has 4 heteroatoms. The van der Waals surface area contributed by atoms with Gasteiger partial charge in [0.25, 0.3) is 0 Å². The summed E-state index contributed by atoms with van der Waals surface area (Å²) >= 11 is 0. The van der Waals surface area contributed by atoms with E-state index in [0.29, 0.717) is 25.5 Å². The average molecular weight is 242 g/mol. The van der Waals surface area contributed by atoms with Crippen LogP contribution in [0.25, 0.3) is 0 Å². The predicted molar refractivity (Wildman–Crippen MR) is 68.6 cm³/mol. The lowest BCUT2D eigenvalue weighted by atomic mass is 9.66. The van der Waals surface area contributed by atoms with Crippen LogP contribution in [0.1, 0.15) is 39.5 Å². The van der Waals surface area contributed by atoms with E-state index in [1.165, 1.54) is 6.42 Å². The SMILES string of the molecule is COCC(NC(=O)CC1(CN)CCC1)C(C)C. The molecule has 0 radical (unpaired) electrons. The summed E-state index contributed by atoms with van der Waals surface area (Å²) in [6.07, 6.45) is 3.95. The second kappa shape index (κ2) is 6.36. The fraction of sp³-hybridized carbons (Fsp3) is 0.923. The number of methoxy groups -OCH3 is 1. The van der Waals surface area contributed by atoms with Gasteiger partial charge in [-0.1, -0.05) is 20.3 Å². The highest BCUT2D eigenvalue weighted by molar-refractivity contribution is 5.77. The number of carbonyl (C=O) groups excluding carboxylic acids is 1. The Hall–Kier alpha value is -0.610. The van der Waals surface area contributed by atoms with Crippen molar-refractivity contribution in [3.63, 3.8) is 0 Å². The van der Waals surface area contributed by atoms with Crippen molar-refractivity contribution in [1.82, 2.24) is 5.32 Å². The molecule has 0 aliphatic heterocycles. The lowest BCUT2D eigenvalue weighted by molar-refractivity contribution is -0.126. The van der Waals surface area contributed by atoms with Crippen molar-refractivity contribution in [3.8, 4) is 0 Å². The standard InChI is InChI=1S/C13H26N2O2/c1-10(2)11(8-17-3)15-12(16)7-13(9-14)5-4-6-13/h10-11H,4-9,14H2,1-3H3,(H,15,16). The Balaban J connectivity index is 2.41. The smallest absolute Gasteiger partial charge is 0.220 e. The monoisotopic (exact) mass is 242 g/mol. The molecule has 100 valence electrons. The van der Waals surface area contributed by atoms with Crippen molar-refractivity contribution in [2.45, 2.75) is 45.6 Å². The van der Waals surface area contributed by atoms with Crippen LogP contribution in [0.2, 0.25) is 0 Å². The molecule has 0 heterocycles. The van der Waals surface area contributed by atoms with Gasteiger partial charge in [0.1, 0.15) is 0 Å². The number of amides is 1. The molecular formula is C13H26N2O2. The highest BCUT2D eigenvalue weighted by Crippen LogP contribution is 2.42. The summed E-state index contributed by atoms with van der Waals surface area (Å²) < 4.78 is 5.12. The van der Waals surface area contributed by atoms with Crippen molar-refractivity contribution < 1.29 is 9.53 Å². The van der Waals surface area contributed by atoms with Crippen LogP contribution in [-0.2, 0) is 9.53 Å². The van der Waals surface area contributed by atoms with Crippen molar-refractivity contribution >= 4 is 5.91 Å². The Labute approximate surface area is 104 Å². The van der Waals surface area contributed by atoms with E-state index in [9.17, 15) is 4.79 Å². The van der Waals surface area contributed by atoms with Gasteiger partial charge in [-0.2, -0.15) is 0 Å². The summed E-state index contributed by atoms with van der Waals surface area (Å²) in [6, 6.07) is 0.0994. The molecule has 4 nitrogen and oxygen atoms in total. The Morgan fingerprint density at radius 2 is 2.12 bits per heavy atom. The third-order valence-corrected chi connectivity index (χ3v) is 3.88. The van der Waals surface area contributed by atoms with E-state index in [0.717, 1.165) is 12.8 Å². The van der Waals surface area contributed by atoms with E-state index in [4.69, 9.17) is 10.5 Å². The maximum Gasteiger partial charge on any atom is 0.220 e. The number of ether oxygens (including phenoxy) is 1. The fourth-order valence-corrected chi connectivity index (χ4v) is 2.31. The Morgan fingerprint density at radius 1 is 1.47 bits per heavy atom. The van der Waals surface area contributed by atoms with E-state index in [1.54, 1.807) is 7.11 Å². The minimum atomic E-state index is 0.0820. The van der Waals surface area contributed by atoms with Gasteiger partial charge in [0.15, 0.2) is 0 Å². The lowest BCUT2D eigenvalue weighted by Gasteiger charge is -2.40. The van der Waals surface area contributed by atoms with Crippen LogP contribution < -0.4 is 11.1 Å². The predicted octanol–water partition coefficient (Wildman–Crippen LogP) is 1.29. The number of hydrogen-bond donors (Lipinski definition) is 2. The van der Waals surface area contributed by atoms with Gasteiger partial charge in [-0.3, -0.25) is 4.79 Å². The molecule has 1 atom stereocenters. The Kier molecular flexibility index (Phi) is 5.40. The van der Waals surface area contributed by atoms with Crippen LogP contribution in [-0.4, -0.2) is 32.2 Å². The summed E-state index contributed by atoms with van der Waals surface area (Å²) in [6.45, 7) is 5.37. The van der Waals surface area contributed by atoms with Crippen molar-refractivity contribution in [3.05, 3.63) is 0 Å². The minimum absolute atomic E-state index is 0.0820. The summed E-state index contributed by atoms with van der Waals surface area (Å²) in [5.74, 6) is 0.500. The highest BCUT2D eigenvalue weighted by Gasteiger charge is 2.37. The fourth-order valence-electron chi connectivity index (χ4n) is 2.31. The first-order valence-corrected chi connectivity index (χ1v) is 6.51. The molecule has 1 unspecified atom stereocenters. The zero-order chi connectivity index (χ0) is 12.9. The number of nitrogens with two attached hydrogens (primary N) is 1. The van der Waals surface area contributed by atoms with E-state index in [2.05, 4.69) is 19.2 Å². The van der Waals surface area contributed by atoms with Crippen LogP contribution in [0.4, 0.5) is 0 Å². The number of carbonyl (C=O) groups is 1. The Bertz CT molecular complexity index is 244. The second-order valence-corrected chi connectivity index (χ2v) is 5.61. The number of rotatable bonds is 7. The van der Waals surface area contributed by atoms with Crippen molar-refractivity contribution in [1.29, 1.82) is 0 Å². The highest BCUT2D eigenvalue weighted by atomic mass is 16.5. The molecule has 1 saturated carbocycles. The first kappa shape index (κ1) is 14.5. The van der Waals surface area contributed by atoms with Gasteiger partial charge < -0.3 is 15.8 Å². The molecule has 0 aromatic heterocycles. The van der Waals surface area contributed by atoms with E-state index in [-0.39, 0.29) is 17.4 Å². The maximum atomic E-state index is 12.0. The Morgan fingerprint density at radius 3 is 2.47 bits per heavy atom. The summed E-state index contributed by atoms with van der Waals surface area (Å²) in [5.41, 5.74) is 5.84. The number of hydrogen-bond acceptors (Lipinski definition) is 3. The second-order valence-electron chi connectivity index (χ2n) is 5.61. The van der Waals surface area contributed by atoms with E-state index in [1.807, 2.05) is 0 Å². The third kappa shape index (κ3) is 3.96. The summed E-state index contributed by atoms with van der Waals surface area (Å²) in [4.78, 5) is 12.0. The molecule has 0 spiro atoms. The first-order chi connectivity index (χ1) is 8.03. The third-order valence-electron chi connectivity index (χ3n) is 3.88. The van der Waals surface area contributed by atoms with Gasteiger partial charge >= 0.3 is 0 Å². The minimum Gasteiger partial charge on any atom is -0.383 e.